The van der Waals surface area contributed by atoms with Gasteiger partial charge in [0, 0.05) is 143 Å². The Morgan fingerprint density at radius 2 is 0.234 bits per heavy atom. The summed E-state index contributed by atoms with van der Waals surface area (Å²) in [5.74, 6) is -11.6. The first-order valence-corrected chi connectivity index (χ1v) is 55.8. The lowest BCUT2D eigenvalue weighted by molar-refractivity contribution is -0.171. The van der Waals surface area contributed by atoms with E-state index in [1.165, 1.54) is 0 Å². The first-order valence-electron chi connectivity index (χ1n) is 43.6. The zero-order valence-corrected chi connectivity index (χ0v) is 90.6. The van der Waals surface area contributed by atoms with Crippen molar-refractivity contribution in [1.29, 1.82) is 0 Å². The van der Waals surface area contributed by atoms with Crippen LogP contribution >= 0.6 is 199 Å². The fourth-order valence-electron chi connectivity index (χ4n) is 11.2. The zero-order valence-electron chi connectivity index (χ0n) is 76.6. The third-order valence-electron chi connectivity index (χ3n) is 18.6. The lowest BCUT2D eigenvalue weighted by atomic mass is 9.84. The van der Waals surface area contributed by atoms with Gasteiger partial charge in [0.2, 0.25) is 0 Å². The van der Waals surface area contributed by atoms with E-state index in [1.807, 2.05) is 0 Å². The highest BCUT2D eigenvalue weighted by molar-refractivity contribution is 8.00. The highest BCUT2D eigenvalue weighted by Crippen LogP contribution is 2.33. The molecule has 0 bridgehead atoms. The molecule has 0 N–H and O–H groups in total. The van der Waals surface area contributed by atoms with Crippen LogP contribution in [-0.4, -0.2) is 339 Å². The van der Waals surface area contributed by atoms with Crippen LogP contribution in [0.2, 0.25) is 0 Å². The minimum Gasteiger partial charge on any atom is -0.465 e. The van der Waals surface area contributed by atoms with Gasteiger partial charge in [0.15, 0.2) is 0 Å². The Hall–Kier alpha value is -4.20. The number of ketones is 4. The Bertz CT molecular complexity index is 3150. The molecule has 0 radical (unpaired) electrons. The number of ether oxygens (including phenoxy) is 16. The van der Waals surface area contributed by atoms with Gasteiger partial charge < -0.3 is 75.8 Å². The van der Waals surface area contributed by atoms with Gasteiger partial charge in [0.25, 0.3) is 0 Å². The summed E-state index contributed by atoms with van der Waals surface area (Å²) in [7, 11) is 0. The fourth-order valence-corrected chi connectivity index (χ4v) is 16.9. The van der Waals surface area contributed by atoms with Crippen molar-refractivity contribution in [2.24, 2.45) is 27.1 Å². The van der Waals surface area contributed by atoms with Crippen molar-refractivity contribution < 1.29 is 172 Å². The quantitative estimate of drug-likeness (QED) is 0.0118. The molecule has 0 aromatic carbocycles. The SMILES string of the molecule is O=C(CCS)CC(COC(=O)CCS)(COC(=O)CCS)COC(=O)CCSCCC(=O)OCC(COC(=O)CCSCCC(=O)OCC(COC(=O)CCS)(COC(=O)CCS)CC(=O)CCS)(COC(=O)CCSCCC(=O)OCC(COC(=O)CCS)(COC(=O)CCS)CC(=O)CCS)COC(=O)CCSCCC(=O)OCC(COC(=O)CCS)(COC(=O)CCS)CC(=O)CCS. The molecule has 0 aromatic heterocycles. The molecular formula is C85H132O36S16. The molecule has 0 unspecified atom stereocenters. The molecule has 36 nitrogen and oxygen atoms in total. The van der Waals surface area contributed by atoms with E-state index >= 15 is 0 Å². The maximum Gasteiger partial charge on any atom is 0.306 e. The van der Waals surface area contributed by atoms with Crippen LogP contribution in [0.15, 0.2) is 0 Å². The van der Waals surface area contributed by atoms with Crippen LogP contribution in [0.1, 0.15) is 154 Å². The van der Waals surface area contributed by atoms with E-state index < -0.39 is 228 Å². The third kappa shape index (κ3) is 68.7. The second kappa shape index (κ2) is 82.0. The lowest BCUT2D eigenvalue weighted by Gasteiger charge is -2.32. The maximum atomic E-state index is 13.9. The number of thioether (sulfide) groups is 4. The van der Waals surface area contributed by atoms with E-state index in [9.17, 15) is 95.9 Å². The Kier molecular flexibility index (Phi) is 79.5. The molecule has 0 aliphatic heterocycles. The molecule has 0 fully saturated rings. The van der Waals surface area contributed by atoms with E-state index in [-0.39, 0.29) is 292 Å². The Morgan fingerprint density at radius 1 is 0.139 bits per heavy atom. The smallest absolute Gasteiger partial charge is 0.306 e. The first-order chi connectivity index (χ1) is 65.4. The molecular weight excluding hydrogens is 2110 g/mol. The van der Waals surface area contributed by atoms with Crippen LogP contribution in [-0.2, 0) is 172 Å². The summed E-state index contributed by atoms with van der Waals surface area (Å²) < 4.78 is 89.2. The van der Waals surface area contributed by atoms with Crippen molar-refractivity contribution in [3.05, 3.63) is 0 Å². The molecule has 0 aliphatic carbocycles. The zero-order chi connectivity index (χ0) is 103. The van der Waals surface area contributed by atoms with Crippen molar-refractivity contribution in [2.75, 3.05) is 221 Å². The molecule has 0 rings (SSSR count). The van der Waals surface area contributed by atoms with E-state index in [4.69, 9.17) is 75.8 Å². The monoisotopic (exact) mass is 2240 g/mol. The largest absolute Gasteiger partial charge is 0.465 e. The van der Waals surface area contributed by atoms with Gasteiger partial charge >= 0.3 is 95.5 Å². The standard InChI is InChI=1S/C85H132O36S16/c86-61(1-21-122)41-81(45-106-65(90)5-25-126,46-107-66(91)6-26-127)53-114-73(98)13-33-134-37-17-77(102)118-57-85(58-119-78(103)18-38-135-34-14-74(99)115-54-82(42-62(87)2-22-123,47-108-67(92)7-27-128)48-109-68(93)8-28-129,59-120-79(104)19-39-136-35-15-75(100)116-55-83(43-63(88)3-23-124,49-110-69(94)9-29-130)50-111-70(95)10-30-131)60-121-80(105)20-40-137-36-16-76(101)117-56-84(44-64(89)4-24-125,51-112-71(96)11-31-132)52-113-72(97)12-32-133/h122-133H,1-60H2. The fraction of sp³-hybridized carbons (Fsp3) is 0.765. The minimum atomic E-state index is -1.91. The first kappa shape index (κ1) is 133. The number of esters is 16. The van der Waals surface area contributed by atoms with Crippen LogP contribution in [0, 0.1) is 27.1 Å². The summed E-state index contributed by atoms with van der Waals surface area (Å²) in [5.41, 5.74) is -7.91. The number of carbonyl (C=O) groups is 20. The van der Waals surface area contributed by atoms with Crippen molar-refractivity contribution in [1.82, 2.24) is 0 Å². The number of hydrogen-bond donors (Lipinski definition) is 12. The Labute approximate surface area is 883 Å². The third-order valence-corrected chi connectivity index (χ3v) is 25.2. The van der Waals surface area contributed by atoms with Gasteiger partial charge in [-0.3, -0.25) is 95.9 Å². The average molecular weight is 2240 g/mol. The van der Waals surface area contributed by atoms with Crippen LogP contribution in [0.3, 0.4) is 0 Å². The molecule has 0 spiro atoms. The maximum absolute atomic E-state index is 13.9. The van der Waals surface area contributed by atoms with Crippen molar-refractivity contribution in [3.8, 4) is 0 Å². The van der Waals surface area contributed by atoms with E-state index in [0.717, 1.165) is 47.0 Å². The predicted molar refractivity (Wildman–Crippen MR) is 554 cm³/mol. The normalized spacial score (nSPS) is 11.5. The lowest BCUT2D eigenvalue weighted by Crippen LogP contribution is -2.44. The van der Waals surface area contributed by atoms with Crippen LogP contribution in [0.4, 0.5) is 0 Å². The molecule has 0 saturated heterocycles. The topological polar surface area (TPSA) is 489 Å². The number of Topliss-reactive ketones (excluding diaryl/α,β-unsaturated/α-hetero) is 4. The number of hydrogen-bond acceptors (Lipinski definition) is 52. The Balaban J connectivity index is 7.49. The molecule has 0 saturated carbocycles. The van der Waals surface area contributed by atoms with E-state index in [1.54, 1.807) is 0 Å². The summed E-state index contributed by atoms with van der Waals surface area (Å²) in [4.78, 5) is 262. The number of carbonyl (C=O) groups excluding carboxylic acids is 20. The molecule has 0 heterocycles. The molecule has 0 aromatic rings. The predicted octanol–water partition coefficient (Wildman–Crippen LogP) is 8.34. The highest BCUT2D eigenvalue weighted by Gasteiger charge is 2.44. The second-order valence-electron chi connectivity index (χ2n) is 31.1. The highest BCUT2D eigenvalue weighted by atomic mass is 32.2. The van der Waals surface area contributed by atoms with Gasteiger partial charge in [0.1, 0.15) is 134 Å². The molecule has 0 atom stereocenters. The molecule has 137 heavy (non-hydrogen) atoms. The summed E-state index contributed by atoms with van der Waals surface area (Å²) in [5, 5.41) is 0. The number of rotatable bonds is 88. The van der Waals surface area contributed by atoms with Gasteiger partial charge in [-0.2, -0.15) is 199 Å². The van der Waals surface area contributed by atoms with Gasteiger partial charge in [-0.1, -0.05) is 0 Å². The van der Waals surface area contributed by atoms with Crippen LogP contribution in [0.25, 0.3) is 0 Å². The minimum absolute atomic E-state index is 0.00473. The van der Waals surface area contributed by atoms with Gasteiger partial charge in [-0.05, 0) is 23.0 Å². The summed E-state index contributed by atoms with van der Waals surface area (Å²) in [6.07, 6.45) is -4.58. The van der Waals surface area contributed by atoms with Crippen LogP contribution < -0.4 is 0 Å². The molecule has 0 amide bonds. The van der Waals surface area contributed by atoms with E-state index in [2.05, 4.69) is 152 Å². The summed E-state index contributed by atoms with van der Waals surface area (Å²) >= 11 is 53.6. The Morgan fingerprint density at radius 3 is 0.336 bits per heavy atom. The van der Waals surface area contributed by atoms with Gasteiger partial charge in [0.05, 0.1) is 124 Å². The molecule has 784 valence electrons. The van der Waals surface area contributed by atoms with E-state index in [0.29, 0.717) is 0 Å². The van der Waals surface area contributed by atoms with Gasteiger partial charge in [-0.25, -0.2) is 0 Å². The van der Waals surface area contributed by atoms with Crippen molar-refractivity contribution >= 4 is 317 Å². The van der Waals surface area contributed by atoms with Crippen LogP contribution in [0.5, 0.6) is 0 Å². The average Bonchev–Trinajstić information content (AvgIpc) is 0.849. The van der Waals surface area contributed by atoms with Crippen molar-refractivity contribution in [2.45, 2.75) is 154 Å². The number of thiol groups is 12. The summed E-state index contributed by atoms with van der Waals surface area (Å²) in [6, 6.07) is 0. The van der Waals surface area contributed by atoms with Crippen molar-refractivity contribution in [3.63, 3.8) is 0 Å². The molecule has 52 heteroatoms. The second-order valence-corrected chi connectivity index (χ2v) is 41.3. The summed E-state index contributed by atoms with van der Waals surface area (Å²) in [6.45, 7) is -8.94. The van der Waals surface area contributed by atoms with Gasteiger partial charge in [-0.15, -0.1) is 0 Å². The molecule has 0 aliphatic rings.